The van der Waals surface area contributed by atoms with Crippen LogP contribution < -0.4 is 5.32 Å². The molecule has 0 bridgehead atoms. The van der Waals surface area contributed by atoms with Crippen molar-refractivity contribution in [3.63, 3.8) is 0 Å². The average molecular weight is 306 g/mol. The molecule has 1 aromatic carbocycles. The third-order valence-electron chi connectivity index (χ3n) is 2.15. The lowest BCUT2D eigenvalue weighted by atomic mass is 10.1. The molecule has 0 aromatic heterocycles. The van der Waals surface area contributed by atoms with Crippen LogP contribution in [-0.2, 0) is 0 Å². The van der Waals surface area contributed by atoms with E-state index >= 15 is 0 Å². The van der Waals surface area contributed by atoms with Crippen LogP contribution in [0.5, 0.6) is 0 Å². The van der Waals surface area contributed by atoms with Gasteiger partial charge in [-0.25, -0.2) is 4.39 Å². The van der Waals surface area contributed by atoms with Gasteiger partial charge in [0.25, 0.3) is 5.91 Å². The summed E-state index contributed by atoms with van der Waals surface area (Å²) < 4.78 is 13.1. The number of halogens is 2. The SMILES string of the molecule is CC(O)(CO)CNC(=O)c1ccc(F)cc1Br. The Morgan fingerprint density at radius 1 is 1.59 bits per heavy atom. The molecule has 0 saturated heterocycles. The van der Waals surface area contributed by atoms with E-state index in [4.69, 9.17) is 5.11 Å². The number of aliphatic hydroxyl groups is 2. The molecule has 1 atom stereocenters. The van der Waals surface area contributed by atoms with Gasteiger partial charge in [-0.3, -0.25) is 4.79 Å². The summed E-state index contributed by atoms with van der Waals surface area (Å²) in [6, 6.07) is 3.69. The third-order valence-corrected chi connectivity index (χ3v) is 2.80. The molecule has 0 aliphatic carbocycles. The minimum absolute atomic E-state index is 0.0911. The minimum atomic E-state index is -1.37. The Kier molecular flexibility index (Phi) is 4.62. The molecule has 0 aliphatic rings. The number of hydrogen-bond acceptors (Lipinski definition) is 3. The van der Waals surface area contributed by atoms with Crippen LogP contribution >= 0.6 is 15.9 Å². The molecule has 1 unspecified atom stereocenters. The molecular weight excluding hydrogens is 293 g/mol. The van der Waals surface area contributed by atoms with Crippen molar-refractivity contribution < 1.29 is 19.4 Å². The highest BCUT2D eigenvalue weighted by Gasteiger charge is 2.20. The summed E-state index contributed by atoms with van der Waals surface area (Å²) in [5, 5.41) is 20.8. The Bertz CT molecular complexity index is 423. The van der Waals surface area contributed by atoms with Crippen LogP contribution in [0.4, 0.5) is 4.39 Å². The van der Waals surface area contributed by atoms with Gasteiger partial charge in [0.05, 0.1) is 12.2 Å². The van der Waals surface area contributed by atoms with Crippen molar-refractivity contribution in [1.29, 1.82) is 0 Å². The van der Waals surface area contributed by atoms with Gasteiger partial charge in [0.1, 0.15) is 11.4 Å². The lowest BCUT2D eigenvalue weighted by Gasteiger charge is -2.20. The van der Waals surface area contributed by atoms with Gasteiger partial charge in [-0.15, -0.1) is 0 Å². The molecule has 4 nitrogen and oxygen atoms in total. The van der Waals surface area contributed by atoms with E-state index in [2.05, 4.69) is 21.2 Å². The van der Waals surface area contributed by atoms with E-state index in [9.17, 15) is 14.3 Å². The number of hydrogen-bond donors (Lipinski definition) is 3. The maximum atomic E-state index is 12.8. The van der Waals surface area contributed by atoms with Gasteiger partial charge in [-0.1, -0.05) is 0 Å². The quantitative estimate of drug-likeness (QED) is 0.779. The van der Waals surface area contributed by atoms with E-state index in [0.29, 0.717) is 4.47 Å². The van der Waals surface area contributed by atoms with E-state index in [0.717, 1.165) is 0 Å². The van der Waals surface area contributed by atoms with Crippen LogP contribution in [0.3, 0.4) is 0 Å². The Morgan fingerprint density at radius 2 is 2.24 bits per heavy atom. The van der Waals surface area contributed by atoms with Crippen LogP contribution in [0.2, 0.25) is 0 Å². The molecule has 0 radical (unpaired) electrons. The van der Waals surface area contributed by atoms with Gasteiger partial charge < -0.3 is 15.5 Å². The fourth-order valence-corrected chi connectivity index (χ4v) is 1.63. The number of amides is 1. The first-order chi connectivity index (χ1) is 7.85. The predicted octanol–water partition coefficient (Wildman–Crippen LogP) is 1.06. The minimum Gasteiger partial charge on any atom is -0.393 e. The number of benzene rings is 1. The average Bonchev–Trinajstić information content (AvgIpc) is 2.26. The number of aliphatic hydroxyl groups excluding tert-OH is 1. The smallest absolute Gasteiger partial charge is 0.252 e. The largest absolute Gasteiger partial charge is 0.393 e. The molecule has 0 saturated carbocycles. The summed E-state index contributed by atoms with van der Waals surface area (Å²) in [5.41, 5.74) is -1.11. The summed E-state index contributed by atoms with van der Waals surface area (Å²) >= 11 is 3.07. The first-order valence-electron chi connectivity index (χ1n) is 4.92. The Hall–Kier alpha value is -0.980. The van der Waals surface area contributed by atoms with Crippen molar-refractivity contribution in [1.82, 2.24) is 5.32 Å². The molecule has 1 amide bonds. The van der Waals surface area contributed by atoms with Crippen molar-refractivity contribution in [2.24, 2.45) is 0 Å². The van der Waals surface area contributed by atoms with Gasteiger partial charge >= 0.3 is 0 Å². The summed E-state index contributed by atoms with van der Waals surface area (Å²) in [7, 11) is 0. The van der Waals surface area contributed by atoms with E-state index in [1.54, 1.807) is 0 Å². The second kappa shape index (κ2) is 5.57. The Labute approximate surface area is 107 Å². The monoisotopic (exact) mass is 305 g/mol. The maximum Gasteiger partial charge on any atom is 0.252 e. The molecular formula is C11H13BrFNO3. The molecule has 0 heterocycles. The van der Waals surface area contributed by atoms with Gasteiger partial charge in [0.15, 0.2) is 0 Å². The highest BCUT2D eigenvalue weighted by Crippen LogP contribution is 2.17. The van der Waals surface area contributed by atoms with Gasteiger partial charge in [0.2, 0.25) is 0 Å². The van der Waals surface area contributed by atoms with Crippen LogP contribution in [-0.4, -0.2) is 34.9 Å². The molecule has 0 aliphatic heterocycles. The molecule has 1 rings (SSSR count). The zero-order valence-electron chi connectivity index (χ0n) is 9.20. The maximum absolute atomic E-state index is 12.8. The molecule has 3 N–H and O–H groups in total. The van der Waals surface area contributed by atoms with Gasteiger partial charge in [0, 0.05) is 11.0 Å². The highest BCUT2D eigenvalue weighted by atomic mass is 79.9. The zero-order chi connectivity index (χ0) is 13.1. The molecule has 0 spiro atoms. The second-order valence-corrected chi connectivity index (χ2v) is 4.82. The van der Waals surface area contributed by atoms with Crippen molar-refractivity contribution in [3.05, 3.63) is 34.1 Å². The van der Waals surface area contributed by atoms with Crippen LogP contribution in [0.1, 0.15) is 17.3 Å². The molecule has 17 heavy (non-hydrogen) atoms. The molecule has 6 heteroatoms. The standard InChI is InChI=1S/C11H13BrFNO3/c1-11(17,6-15)5-14-10(16)8-3-2-7(13)4-9(8)12/h2-4,15,17H,5-6H2,1H3,(H,14,16). The summed E-state index contributed by atoms with van der Waals surface area (Å²) in [5.74, 6) is -0.902. The number of rotatable bonds is 4. The van der Waals surface area contributed by atoms with Crippen molar-refractivity contribution in [3.8, 4) is 0 Å². The summed E-state index contributed by atoms with van der Waals surface area (Å²) in [6.07, 6.45) is 0. The third kappa shape index (κ3) is 4.07. The molecule has 0 fully saturated rings. The zero-order valence-corrected chi connectivity index (χ0v) is 10.8. The van der Waals surface area contributed by atoms with Crippen LogP contribution in [0.25, 0.3) is 0 Å². The van der Waals surface area contributed by atoms with E-state index in [1.807, 2.05) is 0 Å². The van der Waals surface area contributed by atoms with E-state index in [1.165, 1.54) is 25.1 Å². The fourth-order valence-electron chi connectivity index (χ4n) is 1.10. The topological polar surface area (TPSA) is 69.6 Å². The summed E-state index contributed by atoms with van der Waals surface area (Å²) in [6.45, 7) is 0.844. The van der Waals surface area contributed by atoms with E-state index in [-0.39, 0.29) is 12.1 Å². The highest BCUT2D eigenvalue weighted by molar-refractivity contribution is 9.10. The second-order valence-electron chi connectivity index (χ2n) is 3.96. The van der Waals surface area contributed by atoms with Crippen LogP contribution in [0, 0.1) is 5.82 Å². The van der Waals surface area contributed by atoms with E-state index < -0.39 is 23.9 Å². The lowest BCUT2D eigenvalue weighted by Crippen LogP contribution is -2.43. The van der Waals surface area contributed by atoms with Gasteiger partial charge in [-0.05, 0) is 41.1 Å². The van der Waals surface area contributed by atoms with Gasteiger partial charge in [-0.2, -0.15) is 0 Å². The first kappa shape index (κ1) is 14.1. The van der Waals surface area contributed by atoms with Crippen molar-refractivity contribution >= 4 is 21.8 Å². The fraction of sp³-hybridized carbons (Fsp3) is 0.364. The predicted molar refractivity (Wildman–Crippen MR) is 64.1 cm³/mol. The Morgan fingerprint density at radius 3 is 2.76 bits per heavy atom. The number of nitrogens with one attached hydrogen (secondary N) is 1. The first-order valence-corrected chi connectivity index (χ1v) is 5.71. The lowest BCUT2D eigenvalue weighted by molar-refractivity contribution is 0.00319. The molecule has 94 valence electrons. The normalized spacial score (nSPS) is 14.2. The van der Waals surface area contributed by atoms with Crippen molar-refractivity contribution in [2.75, 3.05) is 13.2 Å². The summed E-state index contributed by atoms with van der Waals surface area (Å²) in [4.78, 5) is 11.7. The number of carbonyl (C=O) groups is 1. The van der Waals surface area contributed by atoms with Crippen molar-refractivity contribution in [2.45, 2.75) is 12.5 Å². The number of carbonyl (C=O) groups excluding carboxylic acids is 1. The molecule has 1 aromatic rings. The Balaban J connectivity index is 2.71. The van der Waals surface area contributed by atoms with Crippen LogP contribution in [0.15, 0.2) is 22.7 Å².